The van der Waals surface area contributed by atoms with Gasteiger partial charge in [0.15, 0.2) is 0 Å². The van der Waals surface area contributed by atoms with Crippen LogP contribution in [0.4, 0.5) is 13.2 Å². The minimum absolute atomic E-state index is 0.499. The highest BCUT2D eigenvalue weighted by Crippen LogP contribution is 2.19. The molecule has 0 aliphatic carbocycles. The van der Waals surface area contributed by atoms with Crippen LogP contribution in [0.2, 0.25) is 0 Å². The summed E-state index contributed by atoms with van der Waals surface area (Å²) in [6, 6.07) is 7.77. The van der Waals surface area contributed by atoms with Crippen LogP contribution in [0.5, 0.6) is 0 Å². The Morgan fingerprint density at radius 1 is 1.25 bits per heavy atom. The second-order valence-corrected chi connectivity index (χ2v) is 4.21. The van der Waals surface area contributed by atoms with Crippen LogP contribution >= 0.6 is 0 Å². The number of rotatable bonds is 6. The third kappa shape index (κ3) is 6.38. The van der Waals surface area contributed by atoms with E-state index in [9.17, 15) is 13.2 Å². The van der Waals surface area contributed by atoms with Gasteiger partial charge in [0, 0.05) is 0 Å². The Labute approximate surface area is 117 Å². The fourth-order valence-corrected chi connectivity index (χ4v) is 1.56. The van der Waals surface area contributed by atoms with Crippen LogP contribution in [-0.2, 0) is 4.74 Å². The number of hydrogen-bond donors (Lipinski definition) is 0. The molecule has 0 atom stereocenters. The molecule has 0 aliphatic rings. The van der Waals surface area contributed by atoms with Gasteiger partial charge in [0.1, 0.15) is 0 Å². The van der Waals surface area contributed by atoms with E-state index in [-0.39, 0.29) is 0 Å². The molecule has 0 aromatic heterocycles. The zero-order chi connectivity index (χ0) is 15.0. The summed E-state index contributed by atoms with van der Waals surface area (Å²) in [5.41, 5.74) is 2.91. The molecule has 0 saturated heterocycles. The molecule has 4 heteroatoms. The molecule has 0 radical (unpaired) electrons. The van der Waals surface area contributed by atoms with Gasteiger partial charge in [0.05, 0.1) is 6.61 Å². The molecule has 20 heavy (non-hydrogen) atoms. The van der Waals surface area contributed by atoms with Crippen molar-refractivity contribution in [3.05, 3.63) is 66.3 Å². The number of ether oxygens (including phenoxy) is 1. The van der Waals surface area contributed by atoms with Crippen LogP contribution in [-0.4, -0.2) is 13.0 Å². The molecule has 1 rings (SSSR count). The average molecular weight is 282 g/mol. The second-order valence-electron chi connectivity index (χ2n) is 4.21. The van der Waals surface area contributed by atoms with Crippen molar-refractivity contribution in [1.29, 1.82) is 0 Å². The molecular weight excluding hydrogens is 265 g/mol. The van der Waals surface area contributed by atoms with Crippen molar-refractivity contribution < 1.29 is 17.9 Å². The lowest BCUT2D eigenvalue weighted by Gasteiger charge is -2.05. The summed E-state index contributed by atoms with van der Waals surface area (Å²) in [5.74, 6) is 0. The van der Waals surface area contributed by atoms with Gasteiger partial charge in [-0.2, -0.15) is 0 Å². The molecule has 0 amide bonds. The van der Waals surface area contributed by atoms with Gasteiger partial charge in [-0.05, 0) is 24.5 Å². The van der Waals surface area contributed by atoms with Gasteiger partial charge in [0.25, 0.3) is 0 Å². The highest BCUT2D eigenvalue weighted by Gasteiger charge is 2.27. The summed E-state index contributed by atoms with van der Waals surface area (Å²) < 4.78 is 39.3. The number of hydrogen-bond acceptors (Lipinski definition) is 1. The van der Waals surface area contributed by atoms with E-state index in [1.807, 2.05) is 37.3 Å². The first-order valence-corrected chi connectivity index (χ1v) is 6.17. The predicted molar refractivity (Wildman–Crippen MR) is 75.1 cm³/mol. The lowest BCUT2D eigenvalue weighted by atomic mass is 10.0. The Hall–Kier alpha value is -1.81. The van der Waals surface area contributed by atoms with E-state index < -0.39 is 13.0 Å². The first kappa shape index (κ1) is 16.2. The number of benzene rings is 1. The maximum atomic E-state index is 11.9. The van der Waals surface area contributed by atoms with E-state index in [4.69, 9.17) is 0 Å². The lowest BCUT2D eigenvalue weighted by molar-refractivity contribution is -0.319. The third-order valence-electron chi connectivity index (χ3n) is 2.53. The number of aryl methyl sites for hydroxylation is 1. The van der Waals surface area contributed by atoms with Gasteiger partial charge >= 0.3 is 6.36 Å². The molecule has 0 unspecified atom stereocenters. The average Bonchev–Trinajstić information content (AvgIpc) is 2.38. The normalized spacial score (nSPS) is 12.9. The minimum atomic E-state index is -4.60. The predicted octanol–water partition coefficient (Wildman–Crippen LogP) is 5.05. The van der Waals surface area contributed by atoms with Gasteiger partial charge in [-0.1, -0.05) is 54.1 Å². The van der Waals surface area contributed by atoms with Crippen molar-refractivity contribution in [2.75, 3.05) is 6.61 Å². The summed E-state index contributed by atoms with van der Waals surface area (Å²) in [6.07, 6.45) is 2.66. The summed E-state index contributed by atoms with van der Waals surface area (Å²) in [7, 11) is 0. The second kappa shape index (κ2) is 7.70. The molecule has 0 spiro atoms. The largest absolute Gasteiger partial charge is 0.522 e. The fourth-order valence-electron chi connectivity index (χ4n) is 1.56. The van der Waals surface area contributed by atoms with E-state index in [2.05, 4.69) is 11.3 Å². The number of allylic oxidation sites excluding steroid dienone is 4. The van der Waals surface area contributed by atoms with Crippen molar-refractivity contribution in [3.8, 4) is 0 Å². The van der Waals surface area contributed by atoms with Crippen molar-refractivity contribution in [2.45, 2.75) is 19.7 Å². The summed E-state index contributed by atoms with van der Waals surface area (Å²) in [4.78, 5) is 0. The Balaban J connectivity index is 2.77. The van der Waals surface area contributed by atoms with E-state index >= 15 is 0 Å². The monoisotopic (exact) mass is 282 g/mol. The first-order valence-electron chi connectivity index (χ1n) is 6.17. The van der Waals surface area contributed by atoms with E-state index in [1.54, 1.807) is 12.2 Å². The molecule has 1 aromatic carbocycles. The molecule has 0 heterocycles. The van der Waals surface area contributed by atoms with Gasteiger partial charge in [0.2, 0.25) is 0 Å². The van der Waals surface area contributed by atoms with Gasteiger partial charge < -0.3 is 0 Å². The standard InChI is InChI=1S/C16H17F3O/c1-3-4-6-14(7-5-12-20-16(17,18)19)15-10-8-13(2)9-11-15/h3,5-11H,1,4,12H2,2H3/b7-5-,14-6+. The maximum absolute atomic E-state index is 11.9. The Morgan fingerprint density at radius 3 is 2.45 bits per heavy atom. The number of halogens is 3. The highest BCUT2D eigenvalue weighted by atomic mass is 19.4. The molecule has 0 fully saturated rings. The molecule has 0 N–H and O–H groups in total. The molecular formula is C16H17F3O. The first-order chi connectivity index (χ1) is 9.42. The Bertz CT molecular complexity index is 481. The Kier molecular flexibility index (Phi) is 6.25. The summed E-state index contributed by atoms with van der Waals surface area (Å²) in [5, 5.41) is 0. The van der Waals surface area contributed by atoms with E-state index in [1.165, 1.54) is 6.08 Å². The molecule has 1 aromatic rings. The SMILES string of the molecule is C=CC/C=C(\C=C/COC(F)(F)F)c1ccc(C)cc1. The zero-order valence-corrected chi connectivity index (χ0v) is 11.3. The van der Waals surface area contributed by atoms with Crippen LogP contribution in [0.25, 0.3) is 5.57 Å². The van der Waals surface area contributed by atoms with Crippen LogP contribution in [0, 0.1) is 6.92 Å². The fraction of sp³-hybridized carbons (Fsp3) is 0.250. The quantitative estimate of drug-likeness (QED) is 0.524. The Morgan fingerprint density at radius 2 is 1.90 bits per heavy atom. The van der Waals surface area contributed by atoms with Crippen LogP contribution in [0.3, 0.4) is 0 Å². The summed E-state index contributed by atoms with van der Waals surface area (Å²) in [6.45, 7) is 5.10. The van der Waals surface area contributed by atoms with Crippen LogP contribution in [0.15, 0.2) is 55.1 Å². The van der Waals surface area contributed by atoms with Crippen LogP contribution in [0.1, 0.15) is 17.5 Å². The van der Waals surface area contributed by atoms with Crippen molar-refractivity contribution in [3.63, 3.8) is 0 Å². The molecule has 108 valence electrons. The van der Waals surface area contributed by atoms with Gasteiger partial charge in [-0.25, -0.2) is 0 Å². The maximum Gasteiger partial charge on any atom is 0.522 e. The lowest BCUT2D eigenvalue weighted by Crippen LogP contribution is -2.12. The topological polar surface area (TPSA) is 9.23 Å². The smallest absolute Gasteiger partial charge is 0.288 e. The number of alkyl halides is 3. The highest BCUT2D eigenvalue weighted by molar-refractivity contribution is 5.74. The van der Waals surface area contributed by atoms with E-state index in [0.29, 0.717) is 6.42 Å². The molecule has 0 aliphatic heterocycles. The van der Waals surface area contributed by atoms with Gasteiger partial charge in [-0.3, -0.25) is 4.74 Å². The van der Waals surface area contributed by atoms with E-state index in [0.717, 1.165) is 16.7 Å². The molecule has 0 bridgehead atoms. The molecule has 1 nitrogen and oxygen atoms in total. The third-order valence-corrected chi connectivity index (χ3v) is 2.53. The van der Waals surface area contributed by atoms with Crippen LogP contribution < -0.4 is 0 Å². The zero-order valence-electron chi connectivity index (χ0n) is 11.3. The molecule has 0 saturated carbocycles. The minimum Gasteiger partial charge on any atom is -0.288 e. The van der Waals surface area contributed by atoms with Gasteiger partial charge in [-0.15, -0.1) is 19.8 Å². The summed E-state index contributed by atoms with van der Waals surface area (Å²) >= 11 is 0. The van der Waals surface area contributed by atoms with Crippen molar-refractivity contribution in [1.82, 2.24) is 0 Å². The van der Waals surface area contributed by atoms with Crippen molar-refractivity contribution >= 4 is 5.57 Å². The van der Waals surface area contributed by atoms with Crippen molar-refractivity contribution in [2.24, 2.45) is 0 Å².